The Kier molecular flexibility index (Phi) is 7.01. The van der Waals surface area contributed by atoms with Crippen LogP contribution in [0.2, 0.25) is 12.1 Å². The molecule has 1 fully saturated rings. The molecule has 0 saturated carbocycles. The summed E-state index contributed by atoms with van der Waals surface area (Å²) in [6.45, 7) is 1.26. The van der Waals surface area contributed by atoms with Gasteiger partial charge in [-0.2, -0.15) is 0 Å². The van der Waals surface area contributed by atoms with Crippen molar-refractivity contribution in [1.29, 1.82) is 0 Å². The summed E-state index contributed by atoms with van der Waals surface area (Å²) in [6.07, 6.45) is 5.24. The van der Waals surface area contributed by atoms with Gasteiger partial charge in [0.1, 0.15) is 17.2 Å². The van der Waals surface area contributed by atoms with Crippen LogP contribution >= 0.6 is 0 Å². The molecule has 0 bridgehead atoms. The average molecular weight is 472 g/mol. The van der Waals surface area contributed by atoms with Gasteiger partial charge in [0.05, 0.1) is 0 Å². The number of fused-ring (bicyclic) bond motifs is 1. The molecule has 8 nitrogen and oxygen atoms in total. The molecule has 1 atom stereocenters. The van der Waals surface area contributed by atoms with Crippen LogP contribution in [-0.2, 0) is 13.1 Å². The van der Waals surface area contributed by atoms with Gasteiger partial charge in [-0.1, -0.05) is 31.6 Å². The molecule has 3 heterocycles. The van der Waals surface area contributed by atoms with Crippen LogP contribution in [0.5, 0.6) is 5.75 Å². The van der Waals surface area contributed by atoms with Crippen molar-refractivity contribution >= 4 is 18.7 Å². The number of nitrogens with one attached hydrogen (secondary N) is 2. The van der Waals surface area contributed by atoms with Gasteiger partial charge in [-0.3, -0.25) is 14.4 Å². The molecule has 1 aromatic heterocycles. The second-order valence-corrected chi connectivity index (χ2v) is 8.85. The molecule has 0 radical (unpaired) electrons. The minimum atomic E-state index is -0.964. The topological polar surface area (TPSA) is 104 Å². The molecule has 0 aliphatic carbocycles. The fourth-order valence-corrected chi connectivity index (χ4v) is 5.02. The maximum atomic E-state index is 13.8. The molecule has 2 amide bonds. The fourth-order valence-electron chi connectivity index (χ4n) is 5.02. The van der Waals surface area contributed by atoms with Crippen LogP contribution in [0, 0.1) is 11.6 Å². The third kappa shape index (κ3) is 4.57. The Bertz CT molecular complexity index is 1170. The SMILES string of the molecule is CNCC1CCCCB1N1CCn2cc(C(=O)NCc3ccc(F)cc3F)c(=O)c(O)c2C1=O. The number of carbonyl (C=O) groups excluding carboxylic acids is 2. The van der Waals surface area contributed by atoms with Gasteiger partial charge in [-0.05, 0) is 25.5 Å². The number of nitrogens with zero attached hydrogens (tertiary/aromatic N) is 2. The highest BCUT2D eigenvalue weighted by Crippen LogP contribution is 2.33. The Morgan fingerprint density at radius 3 is 2.76 bits per heavy atom. The Morgan fingerprint density at radius 2 is 2.03 bits per heavy atom. The molecule has 4 rings (SSSR count). The minimum absolute atomic E-state index is 0.0190. The summed E-state index contributed by atoms with van der Waals surface area (Å²) in [4.78, 5) is 40.5. The molecule has 1 unspecified atom stereocenters. The van der Waals surface area contributed by atoms with Crippen molar-refractivity contribution in [1.82, 2.24) is 20.0 Å². The molecule has 11 heteroatoms. The zero-order chi connectivity index (χ0) is 24.4. The Labute approximate surface area is 196 Å². The second kappa shape index (κ2) is 9.96. The Balaban J connectivity index is 1.56. The third-order valence-corrected chi connectivity index (χ3v) is 6.74. The monoisotopic (exact) mass is 472 g/mol. The summed E-state index contributed by atoms with van der Waals surface area (Å²) < 4.78 is 28.3. The maximum Gasteiger partial charge on any atom is 0.262 e. The lowest BCUT2D eigenvalue weighted by Gasteiger charge is -2.40. The van der Waals surface area contributed by atoms with Gasteiger partial charge in [0, 0.05) is 37.5 Å². The maximum absolute atomic E-state index is 13.8. The third-order valence-electron chi connectivity index (χ3n) is 6.74. The smallest absolute Gasteiger partial charge is 0.262 e. The molecular formula is C23H27BF2N4O4. The molecule has 2 aromatic rings. The first-order valence-corrected chi connectivity index (χ1v) is 11.5. The molecule has 3 N–H and O–H groups in total. The van der Waals surface area contributed by atoms with Gasteiger partial charge in [-0.25, -0.2) is 8.78 Å². The number of carbonyl (C=O) groups is 2. The second-order valence-electron chi connectivity index (χ2n) is 8.85. The molecule has 1 saturated heterocycles. The number of halogens is 2. The van der Waals surface area contributed by atoms with E-state index in [4.69, 9.17) is 0 Å². The van der Waals surface area contributed by atoms with E-state index in [-0.39, 0.29) is 30.2 Å². The van der Waals surface area contributed by atoms with Crippen LogP contribution in [-0.4, -0.2) is 53.3 Å². The number of aromatic hydroxyl groups is 1. The summed E-state index contributed by atoms with van der Waals surface area (Å²) >= 11 is 0. The number of benzene rings is 1. The fraction of sp³-hybridized carbons (Fsp3) is 0.435. The van der Waals surface area contributed by atoms with E-state index in [9.17, 15) is 28.3 Å². The van der Waals surface area contributed by atoms with Gasteiger partial charge in [0.15, 0.2) is 11.4 Å². The van der Waals surface area contributed by atoms with Crippen LogP contribution in [0.15, 0.2) is 29.2 Å². The van der Waals surface area contributed by atoms with E-state index in [1.54, 1.807) is 4.81 Å². The van der Waals surface area contributed by atoms with E-state index in [1.807, 2.05) is 7.05 Å². The van der Waals surface area contributed by atoms with Crippen molar-refractivity contribution in [3.8, 4) is 5.75 Å². The van der Waals surface area contributed by atoms with E-state index < -0.39 is 34.6 Å². The van der Waals surface area contributed by atoms with E-state index >= 15 is 0 Å². The molecular weight excluding hydrogens is 445 g/mol. The number of amides is 2. The van der Waals surface area contributed by atoms with Crippen LogP contribution in [0.25, 0.3) is 0 Å². The normalized spacial score (nSPS) is 18.1. The highest BCUT2D eigenvalue weighted by Gasteiger charge is 2.40. The lowest BCUT2D eigenvalue weighted by molar-refractivity contribution is 0.0801. The van der Waals surface area contributed by atoms with E-state index in [2.05, 4.69) is 10.6 Å². The van der Waals surface area contributed by atoms with Crippen molar-refractivity contribution in [2.24, 2.45) is 0 Å². The number of hydrogen-bond acceptors (Lipinski definition) is 5. The van der Waals surface area contributed by atoms with E-state index in [0.717, 1.165) is 38.2 Å². The highest BCUT2D eigenvalue weighted by atomic mass is 19.1. The van der Waals surface area contributed by atoms with Gasteiger partial charge in [-0.15, -0.1) is 0 Å². The van der Waals surface area contributed by atoms with E-state index in [0.29, 0.717) is 25.0 Å². The first kappa shape index (κ1) is 23.9. The highest BCUT2D eigenvalue weighted by molar-refractivity contribution is 6.61. The first-order chi connectivity index (χ1) is 16.3. The van der Waals surface area contributed by atoms with Crippen molar-refractivity contribution < 1.29 is 23.5 Å². The van der Waals surface area contributed by atoms with Crippen LogP contribution in [0.4, 0.5) is 8.78 Å². The van der Waals surface area contributed by atoms with Crippen molar-refractivity contribution in [2.75, 3.05) is 20.1 Å². The average Bonchev–Trinajstić information content (AvgIpc) is 2.81. The predicted molar refractivity (Wildman–Crippen MR) is 123 cm³/mol. The Morgan fingerprint density at radius 1 is 1.24 bits per heavy atom. The summed E-state index contributed by atoms with van der Waals surface area (Å²) in [6, 6.07) is 2.96. The van der Waals surface area contributed by atoms with Crippen molar-refractivity contribution in [3.05, 3.63) is 63.1 Å². The summed E-state index contributed by atoms with van der Waals surface area (Å²) in [5, 5.41) is 16.2. The van der Waals surface area contributed by atoms with Crippen LogP contribution < -0.4 is 16.1 Å². The van der Waals surface area contributed by atoms with Crippen molar-refractivity contribution in [2.45, 2.75) is 44.5 Å². The van der Waals surface area contributed by atoms with Gasteiger partial charge in [0.2, 0.25) is 5.43 Å². The number of rotatable bonds is 6. The molecule has 0 spiro atoms. The number of hydrogen-bond donors (Lipinski definition) is 3. The molecule has 2 aliphatic rings. The molecule has 2 aliphatic heterocycles. The van der Waals surface area contributed by atoms with Gasteiger partial charge in [0.25, 0.3) is 18.7 Å². The predicted octanol–water partition coefficient (Wildman–Crippen LogP) is 1.98. The van der Waals surface area contributed by atoms with Crippen LogP contribution in [0.1, 0.15) is 45.7 Å². The van der Waals surface area contributed by atoms with Gasteiger partial charge >= 0.3 is 0 Å². The van der Waals surface area contributed by atoms with Crippen molar-refractivity contribution in [3.63, 3.8) is 0 Å². The lowest BCUT2D eigenvalue weighted by Crippen LogP contribution is -2.54. The van der Waals surface area contributed by atoms with Crippen LogP contribution in [0.3, 0.4) is 0 Å². The molecule has 34 heavy (non-hydrogen) atoms. The quantitative estimate of drug-likeness (QED) is 0.558. The summed E-state index contributed by atoms with van der Waals surface area (Å²) in [5.74, 6) is -3.29. The lowest BCUT2D eigenvalue weighted by atomic mass is 9.43. The van der Waals surface area contributed by atoms with E-state index in [1.165, 1.54) is 16.8 Å². The Hall–Kier alpha value is -3.21. The molecule has 180 valence electrons. The molecule has 1 aromatic carbocycles. The zero-order valence-electron chi connectivity index (χ0n) is 18.9. The number of aromatic nitrogens is 1. The first-order valence-electron chi connectivity index (χ1n) is 11.5. The summed E-state index contributed by atoms with van der Waals surface area (Å²) in [7, 11) is 1.88. The van der Waals surface area contributed by atoms with Gasteiger partial charge < -0.3 is 25.1 Å². The summed E-state index contributed by atoms with van der Waals surface area (Å²) in [5.41, 5.74) is -1.39. The zero-order valence-corrected chi connectivity index (χ0v) is 18.9. The number of pyridine rings is 1. The standard InChI is InChI=1S/C23H27BF2N4O4/c1-27-12-15-4-2-3-7-24(15)30-9-8-29-13-17(20(31)21(32)19(29)23(30)34)22(33)28-11-14-5-6-16(25)10-18(14)26/h5-6,10,13,15,27,32H,2-4,7-9,11-12H2,1H3,(H,28,33). The largest absolute Gasteiger partial charge is 0.503 e. The minimum Gasteiger partial charge on any atom is -0.503 e.